The van der Waals surface area contributed by atoms with Crippen molar-refractivity contribution in [2.45, 2.75) is 136 Å². The molecule has 0 aromatic rings. The summed E-state index contributed by atoms with van der Waals surface area (Å²) in [6, 6.07) is 0. The minimum atomic E-state index is -1.36. The molecule has 0 aromatic carbocycles. The van der Waals surface area contributed by atoms with Gasteiger partial charge in [-0.05, 0) is 104 Å². The highest BCUT2D eigenvalue weighted by Crippen LogP contribution is 2.76. The van der Waals surface area contributed by atoms with Gasteiger partial charge in [-0.2, -0.15) is 0 Å². The van der Waals surface area contributed by atoms with Crippen LogP contribution >= 0.6 is 0 Å². The normalized spacial score (nSPS) is 54.3. The number of aliphatic hydroxyl groups excluding tert-OH is 4. The largest absolute Gasteiger partial charge is 0.481 e. The average Bonchev–Trinajstić information content (AvgIpc) is 2.94. The number of aliphatic hydroxyl groups is 4. The third-order valence-electron chi connectivity index (χ3n) is 14.9. The van der Waals surface area contributed by atoms with E-state index in [9.17, 15) is 30.3 Å². The van der Waals surface area contributed by atoms with Crippen LogP contribution < -0.4 is 0 Å². The number of hydrogen-bond acceptors (Lipinski definition) is 7. The molecule has 6 aliphatic rings. The first-order valence-electron chi connectivity index (χ1n) is 16.9. The number of hydrogen-bond donors (Lipinski definition) is 5. The molecule has 1 heterocycles. The first kappa shape index (κ1) is 31.9. The molecule has 0 aromatic heterocycles. The molecule has 0 unspecified atom stereocenters. The van der Waals surface area contributed by atoms with Gasteiger partial charge in [-0.1, -0.05) is 53.2 Å². The Balaban J connectivity index is 1.32. The molecule has 0 radical (unpaired) electrons. The van der Waals surface area contributed by atoms with Gasteiger partial charge in [-0.3, -0.25) is 4.79 Å². The quantitative estimate of drug-likeness (QED) is 0.231. The zero-order valence-electron chi connectivity index (χ0n) is 27.1. The van der Waals surface area contributed by atoms with E-state index in [-0.39, 0.29) is 52.8 Å². The van der Waals surface area contributed by atoms with E-state index < -0.39 is 41.4 Å². The molecule has 5 fully saturated rings. The highest BCUT2D eigenvalue weighted by atomic mass is 16.7. The van der Waals surface area contributed by atoms with Crippen LogP contribution in [0.1, 0.15) is 106 Å². The van der Waals surface area contributed by atoms with Crippen LogP contribution in [0, 0.1) is 50.2 Å². The Hall–Kier alpha value is -1.03. The van der Waals surface area contributed by atoms with Crippen LogP contribution in [0.5, 0.6) is 0 Å². The number of carboxylic acid groups (broad SMARTS) is 1. The maximum absolute atomic E-state index is 12.9. The second-order valence-electron chi connectivity index (χ2n) is 17.3. The predicted octanol–water partition coefficient (Wildman–Crippen LogP) is 4.67. The Labute approximate surface area is 257 Å². The molecule has 5 N–H and O–H groups in total. The smallest absolute Gasteiger partial charge is 0.310 e. The van der Waals surface area contributed by atoms with Crippen LogP contribution in [0.2, 0.25) is 0 Å². The molecule has 13 atom stereocenters. The van der Waals surface area contributed by atoms with E-state index in [2.05, 4.69) is 47.6 Å². The number of ether oxygens (including phenoxy) is 2. The van der Waals surface area contributed by atoms with Gasteiger partial charge in [0.15, 0.2) is 6.29 Å². The molecule has 0 amide bonds. The maximum atomic E-state index is 12.9. The molecule has 1 saturated heterocycles. The van der Waals surface area contributed by atoms with Crippen molar-refractivity contribution in [3.05, 3.63) is 11.6 Å². The number of rotatable bonds is 4. The van der Waals surface area contributed by atoms with Crippen molar-refractivity contribution in [1.29, 1.82) is 0 Å². The second-order valence-corrected chi connectivity index (χ2v) is 17.3. The Morgan fingerprint density at radius 1 is 0.930 bits per heavy atom. The molecular weight excluding hydrogens is 548 g/mol. The van der Waals surface area contributed by atoms with Gasteiger partial charge in [0.05, 0.1) is 24.7 Å². The summed E-state index contributed by atoms with van der Waals surface area (Å²) >= 11 is 0. The molecular formula is C35H56O8. The number of carbonyl (C=O) groups is 1. The number of aliphatic carboxylic acids is 1. The summed E-state index contributed by atoms with van der Waals surface area (Å²) in [6.07, 6.45) is 6.03. The molecule has 6 rings (SSSR count). The van der Waals surface area contributed by atoms with Crippen LogP contribution in [0.3, 0.4) is 0 Å². The van der Waals surface area contributed by atoms with Crippen molar-refractivity contribution >= 4 is 5.97 Å². The molecule has 244 valence electrons. The van der Waals surface area contributed by atoms with E-state index in [1.54, 1.807) is 0 Å². The van der Waals surface area contributed by atoms with Crippen molar-refractivity contribution in [1.82, 2.24) is 0 Å². The third-order valence-corrected chi connectivity index (χ3v) is 14.9. The van der Waals surface area contributed by atoms with Gasteiger partial charge in [0.25, 0.3) is 0 Å². The van der Waals surface area contributed by atoms with Crippen LogP contribution in [0.4, 0.5) is 0 Å². The minimum Gasteiger partial charge on any atom is -0.481 e. The van der Waals surface area contributed by atoms with Gasteiger partial charge in [-0.25, -0.2) is 0 Å². The molecule has 4 saturated carbocycles. The fraction of sp³-hybridized carbons (Fsp3) is 0.914. The number of fused-ring (bicyclic) bond motifs is 7. The lowest BCUT2D eigenvalue weighted by atomic mass is 9.33. The van der Waals surface area contributed by atoms with Gasteiger partial charge in [0.1, 0.15) is 18.3 Å². The summed E-state index contributed by atoms with van der Waals surface area (Å²) in [6.45, 7) is 13.9. The summed E-state index contributed by atoms with van der Waals surface area (Å²) in [4.78, 5) is 12.9. The van der Waals surface area contributed by atoms with E-state index in [1.165, 1.54) is 5.57 Å². The van der Waals surface area contributed by atoms with E-state index in [0.717, 1.165) is 57.8 Å². The molecule has 8 heteroatoms. The third kappa shape index (κ3) is 4.32. The molecule has 43 heavy (non-hydrogen) atoms. The summed E-state index contributed by atoms with van der Waals surface area (Å²) in [7, 11) is 0. The van der Waals surface area contributed by atoms with E-state index in [0.29, 0.717) is 12.3 Å². The Morgan fingerprint density at radius 3 is 2.30 bits per heavy atom. The van der Waals surface area contributed by atoms with Crippen LogP contribution in [-0.4, -0.2) is 75.4 Å². The zero-order valence-corrected chi connectivity index (χ0v) is 27.1. The monoisotopic (exact) mass is 604 g/mol. The van der Waals surface area contributed by atoms with Gasteiger partial charge in [0.2, 0.25) is 0 Å². The van der Waals surface area contributed by atoms with Crippen molar-refractivity contribution in [3.63, 3.8) is 0 Å². The Bertz CT molecular complexity index is 1150. The summed E-state index contributed by atoms with van der Waals surface area (Å²) in [5.74, 6) is 0.0529. The standard InChI is InChI=1S/C35H56O8/c1-30(2)13-15-35(29(40)41)16-14-33(5)20(21(35)17-30)7-8-24-31(3)11-10-25(43-28-27(39)26(38)22(37)18-42-28)32(4,19-36)23(31)9-12-34(24,33)6/h7,21-28,36-39H,8-19H2,1-6H3,(H,40,41)/t21-,22-,23+,24+,25-,26-,27-,28-,31-,32-,33+,34+,35-/m0/s1. The van der Waals surface area contributed by atoms with Gasteiger partial charge in [-0.15, -0.1) is 0 Å². The molecule has 0 spiro atoms. The van der Waals surface area contributed by atoms with Gasteiger partial charge >= 0.3 is 5.97 Å². The van der Waals surface area contributed by atoms with Crippen molar-refractivity contribution in [3.8, 4) is 0 Å². The summed E-state index contributed by atoms with van der Waals surface area (Å²) in [5.41, 5.74) is 0.232. The van der Waals surface area contributed by atoms with Crippen molar-refractivity contribution in [2.75, 3.05) is 13.2 Å². The first-order chi connectivity index (χ1) is 20.0. The molecule has 8 nitrogen and oxygen atoms in total. The van der Waals surface area contributed by atoms with E-state index in [4.69, 9.17) is 9.47 Å². The Kier molecular flexibility index (Phi) is 7.60. The van der Waals surface area contributed by atoms with Crippen LogP contribution in [-0.2, 0) is 14.3 Å². The number of allylic oxidation sites excluding steroid dienone is 2. The first-order valence-corrected chi connectivity index (χ1v) is 16.9. The van der Waals surface area contributed by atoms with Gasteiger partial charge in [0, 0.05) is 5.41 Å². The molecule has 0 bridgehead atoms. The molecule has 5 aliphatic carbocycles. The zero-order chi connectivity index (χ0) is 31.4. The van der Waals surface area contributed by atoms with E-state index >= 15 is 0 Å². The van der Waals surface area contributed by atoms with Crippen molar-refractivity contribution in [2.24, 2.45) is 50.2 Å². The fourth-order valence-electron chi connectivity index (χ4n) is 11.9. The van der Waals surface area contributed by atoms with Crippen LogP contribution in [0.25, 0.3) is 0 Å². The lowest BCUT2D eigenvalue weighted by molar-refractivity contribution is -0.312. The topological polar surface area (TPSA) is 137 Å². The lowest BCUT2D eigenvalue weighted by Gasteiger charge is -2.71. The number of carboxylic acids is 1. The molecule has 1 aliphatic heterocycles. The Morgan fingerprint density at radius 2 is 1.63 bits per heavy atom. The van der Waals surface area contributed by atoms with E-state index in [1.807, 2.05) is 0 Å². The van der Waals surface area contributed by atoms with Crippen LogP contribution in [0.15, 0.2) is 11.6 Å². The average molecular weight is 605 g/mol. The highest BCUT2D eigenvalue weighted by molar-refractivity contribution is 5.76. The minimum absolute atomic E-state index is 0.0154. The van der Waals surface area contributed by atoms with Gasteiger partial charge < -0.3 is 35.0 Å². The van der Waals surface area contributed by atoms with Crippen molar-refractivity contribution < 1.29 is 39.8 Å². The SMILES string of the molecule is CC1(C)CC[C@]2(C(=O)O)CC[C@]3(C)C(=CC[C@@H]4[C@@]5(C)CC[C@H](O[C@@H]6OC[C@H](O)[C@H](O)[C@@H]6O)[C@@](C)(CO)[C@@H]5CC[C@]43C)[C@@H]2C1. The summed E-state index contributed by atoms with van der Waals surface area (Å²) < 4.78 is 12.0. The fourth-order valence-corrected chi connectivity index (χ4v) is 11.9. The second kappa shape index (κ2) is 10.2. The predicted molar refractivity (Wildman–Crippen MR) is 161 cm³/mol. The maximum Gasteiger partial charge on any atom is 0.310 e. The highest BCUT2D eigenvalue weighted by Gasteiger charge is 2.70. The summed E-state index contributed by atoms with van der Waals surface area (Å²) in [5, 5.41) is 52.3. The lowest BCUT2D eigenvalue weighted by Crippen LogP contribution is -2.66.